The van der Waals surface area contributed by atoms with Crippen molar-refractivity contribution in [3.8, 4) is 0 Å². The summed E-state index contributed by atoms with van der Waals surface area (Å²) in [5, 5.41) is 13.8. The highest BCUT2D eigenvalue weighted by Crippen LogP contribution is 2.34. The van der Waals surface area contributed by atoms with Crippen molar-refractivity contribution >= 4 is 0 Å². The van der Waals surface area contributed by atoms with Crippen LogP contribution in [-0.2, 0) is 6.42 Å². The zero-order chi connectivity index (χ0) is 10.7. The number of rotatable bonds is 4. The van der Waals surface area contributed by atoms with Gasteiger partial charge in [-0.2, -0.15) is 5.10 Å². The van der Waals surface area contributed by atoms with Gasteiger partial charge in [0.05, 0.1) is 11.7 Å². The highest BCUT2D eigenvalue weighted by molar-refractivity contribution is 5.01. The third kappa shape index (κ3) is 2.21. The normalized spacial score (nSPS) is 26.0. The largest absolute Gasteiger partial charge is 0.396 e. The second-order valence-electron chi connectivity index (χ2n) is 4.27. The Kier molecular flexibility index (Phi) is 3.38. The number of aliphatic hydroxyl groups excluding tert-OH is 1. The zero-order valence-electron chi connectivity index (χ0n) is 8.97. The minimum absolute atomic E-state index is 0.275. The second-order valence-corrected chi connectivity index (χ2v) is 4.27. The molecule has 0 bridgehead atoms. The second kappa shape index (κ2) is 4.77. The number of hydrogen-bond donors (Lipinski definition) is 2. The lowest BCUT2D eigenvalue weighted by molar-refractivity contribution is 0.190. The van der Waals surface area contributed by atoms with E-state index in [1.807, 2.05) is 16.9 Å². The van der Waals surface area contributed by atoms with Crippen molar-refractivity contribution in [2.24, 2.45) is 11.7 Å². The van der Waals surface area contributed by atoms with E-state index in [4.69, 9.17) is 5.73 Å². The molecule has 2 unspecified atom stereocenters. The fourth-order valence-electron chi connectivity index (χ4n) is 2.42. The van der Waals surface area contributed by atoms with E-state index in [1.165, 1.54) is 6.42 Å². The van der Waals surface area contributed by atoms with Crippen molar-refractivity contribution in [3.63, 3.8) is 0 Å². The molecule has 0 aliphatic heterocycles. The summed E-state index contributed by atoms with van der Waals surface area (Å²) in [5.41, 5.74) is 6.54. The summed E-state index contributed by atoms with van der Waals surface area (Å²) in [6.07, 6.45) is 6.30. The number of nitrogens with zero attached hydrogens (tertiary/aromatic N) is 2. The van der Waals surface area contributed by atoms with Crippen LogP contribution in [0, 0.1) is 5.92 Å². The Morgan fingerprint density at radius 2 is 2.40 bits per heavy atom. The van der Waals surface area contributed by atoms with Crippen molar-refractivity contribution in [3.05, 3.63) is 18.0 Å². The molecule has 1 fully saturated rings. The molecule has 1 aromatic rings. The zero-order valence-corrected chi connectivity index (χ0v) is 8.97. The minimum Gasteiger partial charge on any atom is -0.396 e. The van der Waals surface area contributed by atoms with Gasteiger partial charge in [0.25, 0.3) is 0 Å². The van der Waals surface area contributed by atoms with Crippen LogP contribution in [0.15, 0.2) is 12.3 Å². The van der Waals surface area contributed by atoms with Crippen LogP contribution in [0.25, 0.3) is 0 Å². The molecule has 4 heteroatoms. The van der Waals surface area contributed by atoms with E-state index in [9.17, 15) is 5.11 Å². The van der Waals surface area contributed by atoms with E-state index in [-0.39, 0.29) is 6.61 Å². The summed E-state index contributed by atoms with van der Waals surface area (Å²) >= 11 is 0. The molecular formula is C11H19N3O. The van der Waals surface area contributed by atoms with Gasteiger partial charge in [-0.3, -0.25) is 4.68 Å². The Labute approximate surface area is 90.1 Å². The van der Waals surface area contributed by atoms with Gasteiger partial charge in [-0.1, -0.05) is 6.42 Å². The Bertz CT molecular complexity index is 311. The van der Waals surface area contributed by atoms with Crippen molar-refractivity contribution in [2.75, 3.05) is 13.2 Å². The third-order valence-electron chi connectivity index (χ3n) is 3.26. The van der Waals surface area contributed by atoms with Gasteiger partial charge in [0.15, 0.2) is 0 Å². The predicted molar refractivity (Wildman–Crippen MR) is 58.4 cm³/mol. The van der Waals surface area contributed by atoms with Gasteiger partial charge in [0, 0.05) is 25.1 Å². The molecular weight excluding hydrogens is 190 g/mol. The van der Waals surface area contributed by atoms with Gasteiger partial charge in [-0.05, 0) is 25.5 Å². The summed E-state index contributed by atoms with van der Waals surface area (Å²) in [5.74, 6) is 0.385. The number of nitrogens with two attached hydrogens (primary N) is 1. The van der Waals surface area contributed by atoms with Crippen LogP contribution in [0.1, 0.15) is 31.0 Å². The first kappa shape index (κ1) is 10.6. The molecule has 1 heterocycles. The van der Waals surface area contributed by atoms with E-state index in [0.29, 0.717) is 18.5 Å². The average Bonchev–Trinajstić information content (AvgIpc) is 2.84. The Morgan fingerprint density at radius 3 is 3.13 bits per heavy atom. The van der Waals surface area contributed by atoms with Gasteiger partial charge in [-0.25, -0.2) is 0 Å². The van der Waals surface area contributed by atoms with Gasteiger partial charge >= 0.3 is 0 Å². The quantitative estimate of drug-likeness (QED) is 0.768. The molecule has 0 radical (unpaired) electrons. The summed E-state index contributed by atoms with van der Waals surface area (Å²) < 4.78 is 2.01. The van der Waals surface area contributed by atoms with Crippen LogP contribution in [-0.4, -0.2) is 28.0 Å². The molecule has 0 saturated heterocycles. The molecule has 15 heavy (non-hydrogen) atoms. The van der Waals surface area contributed by atoms with Crippen LogP contribution in [0.5, 0.6) is 0 Å². The van der Waals surface area contributed by atoms with Gasteiger partial charge in [0.2, 0.25) is 0 Å². The monoisotopic (exact) mass is 209 g/mol. The number of aromatic nitrogens is 2. The maximum absolute atomic E-state index is 9.25. The van der Waals surface area contributed by atoms with Crippen LogP contribution >= 0.6 is 0 Å². The summed E-state index contributed by atoms with van der Waals surface area (Å²) in [6.45, 7) is 0.919. The molecule has 0 spiro atoms. The lowest BCUT2D eigenvalue weighted by Gasteiger charge is -2.17. The first-order chi connectivity index (χ1) is 7.35. The summed E-state index contributed by atoms with van der Waals surface area (Å²) in [4.78, 5) is 0. The first-order valence-electron chi connectivity index (χ1n) is 5.70. The van der Waals surface area contributed by atoms with E-state index in [0.717, 1.165) is 25.0 Å². The fourth-order valence-corrected chi connectivity index (χ4v) is 2.42. The van der Waals surface area contributed by atoms with E-state index < -0.39 is 0 Å². The van der Waals surface area contributed by atoms with Crippen LogP contribution in [0.4, 0.5) is 0 Å². The Balaban J connectivity index is 2.07. The smallest absolute Gasteiger partial charge is 0.0637 e. The molecule has 0 amide bonds. The fraction of sp³-hybridized carbons (Fsp3) is 0.727. The number of aliphatic hydroxyl groups is 1. The lowest BCUT2D eigenvalue weighted by Crippen LogP contribution is -2.18. The molecule has 1 saturated carbocycles. The van der Waals surface area contributed by atoms with Gasteiger partial charge < -0.3 is 10.8 Å². The predicted octanol–water partition coefficient (Wildman–Crippen LogP) is 0.718. The average molecular weight is 209 g/mol. The molecule has 1 aliphatic carbocycles. The number of hydrogen-bond acceptors (Lipinski definition) is 3. The Morgan fingerprint density at radius 1 is 1.53 bits per heavy atom. The van der Waals surface area contributed by atoms with E-state index >= 15 is 0 Å². The Hall–Kier alpha value is -0.870. The van der Waals surface area contributed by atoms with E-state index in [2.05, 4.69) is 5.10 Å². The third-order valence-corrected chi connectivity index (χ3v) is 3.26. The van der Waals surface area contributed by atoms with Gasteiger partial charge in [0.1, 0.15) is 0 Å². The minimum atomic E-state index is 0.275. The maximum atomic E-state index is 9.25. The molecule has 2 rings (SSSR count). The SMILES string of the molecule is NCCc1ccn(C2CCCC2CO)n1. The molecule has 0 aromatic carbocycles. The van der Waals surface area contributed by atoms with Crippen molar-refractivity contribution in [1.82, 2.24) is 9.78 Å². The lowest BCUT2D eigenvalue weighted by atomic mass is 10.1. The summed E-state index contributed by atoms with van der Waals surface area (Å²) in [7, 11) is 0. The highest BCUT2D eigenvalue weighted by Gasteiger charge is 2.28. The van der Waals surface area contributed by atoms with Crippen molar-refractivity contribution < 1.29 is 5.11 Å². The molecule has 1 aliphatic rings. The van der Waals surface area contributed by atoms with Crippen molar-refractivity contribution in [1.29, 1.82) is 0 Å². The summed E-state index contributed by atoms with van der Waals surface area (Å²) in [6, 6.07) is 2.42. The van der Waals surface area contributed by atoms with Crippen LogP contribution < -0.4 is 5.73 Å². The molecule has 2 atom stereocenters. The molecule has 4 nitrogen and oxygen atoms in total. The molecule has 1 aromatic heterocycles. The molecule has 3 N–H and O–H groups in total. The topological polar surface area (TPSA) is 64.1 Å². The van der Waals surface area contributed by atoms with Crippen LogP contribution in [0.3, 0.4) is 0 Å². The van der Waals surface area contributed by atoms with Crippen molar-refractivity contribution in [2.45, 2.75) is 31.7 Å². The molecule has 84 valence electrons. The maximum Gasteiger partial charge on any atom is 0.0637 e. The first-order valence-corrected chi connectivity index (χ1v) is 5.70. The van der Waals surface area contributed by atoms with Crippen LogP contribution in [0.2, 0.25) is 0 Å². The highest BCUT2D eigenvalue weighted by atomic mass is 16.3. The van der Waals surface area contributed by atoms with E-state index in [1.54, 1.807) is 0 Å². The van der Waals surface area contributed by atoms with Gasteiger partial charge in [-0.15, -0.1) is 0 Å². The standard InChI is InChI=1S/C11H19N3O/c12-6-4-10-5-7-14(13-10)11-3-1-2-9(11)8-15/h5,7,9,11,15H,1-4,6,8,12H2.